The van der Waals surface area contributed by atoms with Gasteiger partial charge in [-0.3, -0.25) is 14.5 Å². The molecule has 3 N–H and O–H groups in total. The van der Waals surface area contributed by atoms with Gasteiger partial charge in [0, 0.05) is 29.4 Å². The number of anilines is 1. The number of ether oxygens (including phenoxy) is 2. The van der Waals surface area contributed by atoms with E-state index in [9.17, 15) is 28.4 Å². The SMILES string of the molecule is COc1cc2c(cc1N1CCCOC1=O)CN(C(=O)c1c(Sc3c(Cl)ccc(CN)c3Cl)cc(C(F)(F)Cl)[nH]c1=O)C2CC#N. The van der Waals surface area contributed by atoms with Crippen molar-refractivity contribution >= 4 is 64.3 Å². The molecule has 1 aromatic heterocycles. The number of benzene rings is 2. The van der Waals surface area contributed by atoms with E-state index in [0.29, 0.717) is 41.1 Å². The molecule has 16 heteroatoms. The first-order chi connectivity index (χ1) is 21.4. The van der Waals surface area contributed by atoms with Crippen molar-refractivity contribution in [3.8, 4) is 11.8 Å². The third-order valence-electron chi connectivity index (χ3n) is 7.40. The number of aromatic nitrogens is 1. The maximum atomic E-state index is 14.2. The normalized spacial score (nSPS) is 16.3. The van der Waals surface area contributed by atoms with E-state index in [2.05, 4.69) is 6.07 Å². The zero-order chi connectivity index (χ0) is 32.6. The van der Waals surface area contributed by atoms with Gasteiger partial charge in [0.15, 0.2) is 0 Å². The fourth-order valence-corrected chi connectivity index (χ4v) is 7.10. The predicted molar refractivity (Wildman–Crippen MR) is 164 cm³/mol. The lowest BCUT2D eigenvalue weighted by Crippen LogP contribution is -2.38. The Labute approximate surface area is 274 Å². The molecule has 3 aromatic rings. The largest absolute Gasteiger partial charge is 0.495 e. The van der Waals surface area contributed by atoms with Crippen molar-refractivity contribution in [3.05, 3.63) is 78.7 Å². The van der Waals surface area contributed by atoms with Crippen LogP contribution < -0.4 is 20.9 Å². The van der Waals surface area contributed by atoms with Crippen LogP contribution in [0, 0.1) is 11.3 Å². The molecular formula is C29H24Cl3F2N5O5S. The summed E-state index contributed by atoms with van der Waals surface area (Å²) < 4.78 is 39.2. The number of rotatable bonds is 8. The van der Waals surface area contributed by atoms with E-state index in [-0.39, 0.29) is 46.0 Å². The fraction of sp³-hybridized carbons (Fsp3) is 0.310. The molecule has 236 valence electrons. The first-order valence-electron chi connectivity index (χ1n) is 13.4. The average Bonchev–Trinajstić information content (AvgIpc) is 3.35. The first-order valence-corrected chi connectivity index (χ1v) is 15.4. The topological polar surface area (TPSA) is 142 Å². The van der Waals surface area contributed by atoms with E-state index in [1.807, 2.05) is 4.98 Å². The van der Waals surface area contributed by atoms with Gasteiger partial charge in [0.1, 0.15) is 17.0 Å². The molecule has 0 bridgehead atoms. The molecule has 10 nitrogen and oxygen atoms in total. The fourth-order valence-electron chi connectivity index (χ4n) is 5.25. The summed E-state index contributed by atoms with van der Waals surface area (Å²) in [7, 11) is 1.42. The van der Waals surface area contributed by atoms with Crippen molar-refractivity contribution in [1.82, 2.24) is 9.88 Å². The minimum atomic E-state index is -3.97. The van der Waals surface area contributed by atoms with E-state index in [1.165, 1.54) is 23.0 Å². The van der Waals surface area contributed by atoms with Crippen molar-refractivity contribution in [2.45, 2.75) is 47.1 Å². The molecular weight excluding hydrogens is 675 g/mol. The van der Waals surface area contributed by atoms with Gasteiger partial charge >= 0.3 is 11.5 Å². The van der Waals surface area contributed by atoms with Gasteiger partial charge < -0.3 is 25.1 Å². The smallest absolute Gasteiger partial charge is 0.414 e. The number of nitrogens with two attached hydrogens (primary N) is 1. The second-order valence-corrected chi connectivity index (χ2v) is 12.4. The minimum Gasteiger partial charge on any atom is -0.495 e. The third-order valence-corrected chi connectivity index (χ3v) is 9.75. The van der Waals surface area contributed by atoms with Gasteiger partial charge in [-0.05, 0) is 59.0 Å². The number of carbonyl (C=O) groups is 2. The summed E-state index contributed by atoms with van der Waals surface area (Å²) in [6, 6.07) is 8.52. The summed E-state index contributed by atoms with van der Waals surface area (Å²) in [5.74, 6) is -0.531. The molecule has 2 aliphatic rings. The number of cyclic esters (lactones) is 1. The van der Waals surface area contributed by atoms with Gasteiger partial charge in [0.2, 0.25) is 0 Å². The molecule has 0 radical (unpaired) electrons. The Balaban J connectivity index is 1.62. The Bertz CT molecular complexity index is 1800. The maximum Gasteiger partial charge on any atom is 0.414 e. The monoisotopic (exact) mass is 697 g/mol. The standard InChI is InChI=1S/C29H24Cl3F2N5O5S/c1-43-20-10-16-15(9-19(20)38-7-2-8-44-28(38)42)13-39(18(16)5-6-35)27(41)23-21(11-22(29(32,33)34)37-26(23)40)45-25-17(30)4-3-14(12-36)24(25)31/h3-4,9-11,18H,2,5,7-8,12-13,36H2,1H3,(H,37,40). The number of H-pyrrole nitrogens is 1. The zero-order valence-electron chi connectivity index (χ0n) is 23.5. The summed E-state index contributed by atoms with van der Waals surface area (Å²) in [6.07, 6.45) is -0.128. The maximum absolute atomic E-state index is 14.2. The van der Waals surface area contributed by atoms with Gasteiger partial charge in [-0.25, -0.2) is 4.79 Å². The van der Waals surface area contributed by atoms with Crippen LogP contribution in [0.2, 0.25) is 10.0 Å². The Morgan fingerprint density at radius 3 is 2.69 bits per heavy atom. The molecule has 45 heavy (non-hydrogen) atoms. The molecule has 2 aromatic carbocycles. The number of halogens is 5. The Hall–Kier alpha value is -3.54. The molecule has 0 spiro atoms. The van der Waals surface area contributed by atoms with E-state index < -0.39 is 40.2 Å². The number of aromatic amines is 1. The second kappa shape index (κ2) is 13.1. The van der Waals surface area contributed by atoms with E-state index in [4.69, 9.17) is 50.0 Å². The molecule has 1 atom stereocenters. The quantitative estimate of drug-likeness (QED) is 0.253. The van der Waals surface area contributed by atoms with Crippen LogP contribution in [0.1, 0.15) is 51.6 Å². The number of pyridine rings is 1. The van der Waals surface area contributed by atoms with Crippen molar-refractivity contribution in [2.24, 2.45) is 5.73 Å². The molecule has 2 amide bonds. The molecule has 1 saturated heterocycles. The lowest BCUT2D eigenvalue weighted by atomic mass is 10.0. The first kappa shape index (κ1) is 32.8. The number of alkyl halides is 3. The molecule has 0 saturated carbocycles. The van der Waals surface area contributed by atoms with Crippen molar-refractivity contribution < 1.29 is 27.8 Å². The molecule has 2 aliphatic heterocycles. The van der Waals surface area contributed by atoms with Gasteiger partial charge in [0.05, 0.1) is 48.0 Å². The molecule has 3 heterocycles. The molecule has 1 unspecified atom stereocenters. The van der Waals surface area contributed by atoms with Crippen LogP contribution in [0.15, 0.2) is 44.9 Å². The van der Waals surface area contributed by atoms with Crippen LogP contribution in [0.4, 0.5) is 19.3 Å². The highest BCUT2D eigenvalue weighted by molar-refractivity contribution is 7.99. The number of hydrogen-bond acceptors (Lipinski definition) is 8. The number of hydrogen-bond donors (Lipinski definition) is 2. The van der Waals surface area contributed by atoms with Crippen LogP contribution in [-0.2, 0) is 23.2 Å². The Kier molecular flexibility index (Phi) is 9.53. The number of nitrogens with zero attached hydrogens (tertiary/aromatic N) is 3. The highest BCUT2D eigenvalue weighted by atomic mass is 35.5. The number of nitriles is 1. The van der Waals surface area contributed by atoms with Gasteiger partial charge in [-0.15, -0.1) is 0 Å². The van der Waals surface area contributed by atoms with Crippen molar-refractivity contribution in [1.29, 1.82) is 5.26 Å². The number of methoxy groups -OCH3 is 1. The summed E-state index contributed by atoms with van der Waals surface area (Å²) in [5.41, 5.74) is 5.26. The zero-order valence-corrected chi connectivity index (χ0v) is 26.5. The molecule has 1 fully saturated rings. The van der Waals surface area contributed by atoms with E-state index in [1.54, 1.807) is 18.2 Å². The average molecular weight is 699 g/mol. The van der Waals surface area contributed by atoms with Crippen molar-refractivity contribution in [3.63, 3.8) is 0 Å². The summed E-state index contributed by atoms with van der Waals surface area (Å²) in [6.45, 7) is 0.632. The molecule has 0 aliphatic carbocycles. The lowest BCUT2D eigenvalue weighted by molar-refractivity contribution is 0.0684. The summed E-state index contributed by atoms with van der Waals surface area (Å²) in [4.78, 5) is 44.8. The van der Waals surface area contributed by atoms with Crippen LogP contribution in [0.5, 0.6) is 5.75 Å². The number of fused-ring (bicyclic) bond motifs is 1. The van der Waals surface area contributed by atoms with Crippen LogP contribution in [-0.4, -0.2) is 42.1 Å². The predicted octanol–water partition coefficient (Wildman–Crippen LogP) is 6.55. The highest BCUT2D eigenvalue weighted by Crippen LogP contribution is 2.46. The van der Waals surface area contributed by atoms with Crippen LogP contribution in [0.25, 0.3) is 0 Å². The second-order valence-electron chi connectivity index (χ2n) is 10.1. The van der Waals surface area contributed by atoms with Crippen LogP contribution >= 0.6 is 46.6 Å². The summed E-state index contributed by atoms with van der Waals surface area (Å²) >= 11 is 18.9. The van der Waals surface area contributed by atoms with Gasteiger partial charge in [-0.1, -0.05) is 41.0 Å². The molecule has 5 rings (SSSR count). The third kappa shape index (κ3) is 6.30. The number of nitrogens with one attached hydrogen (secondary N) is 1. The number of amides is 2. The van der Waals surface area contributed by atoms with E-state index >= 15 is 0 Å². The van der Waals surface area contributed by atoms with Gasteiger partial charge in [-0.2, -0.15) is 14.0 Å². The highest BCUT2D eigenvalue weighted by Gasteiger charge is 2.39. The summed E-state index contributed by atoms with van der Waals surface area (Å²) in [5, 5.41) is 5.97. The van der Waals surface area contributed by atoms with Crippen molar-refractivity contribution in [2.75, 3.05) is 25.2 Å². The minimum absolute atomic E-state index is 0.0399. The van der Waals surface area contributed by atoms with Gasteiger partial charge in [0.25, 0.3) is 11.5 Å². The Morgan fingerprint density at radius 1 is 1.29 bits per heavy atom. The lowest BCUT2D eigenvalue weighted by Gasteiger charge is -2.28. The van der Waals surface area contributed by atoms with Crippen LogP contribution in [0.3, 0.4) is 0 Å². The van der Waals surface area contributed by atoms with E-state index in [0.717, 1.165) is 17.8 Å². The number of carbonyl (C=O) groups excluding carboxylic acids is 2. The Morgan fingerprint density at radius 2 is 2.04 bits per heavy atom.